The van der Waals surface area contributed by atoms with Crippen molar-refractivity contribution in [1.29, 1.82) is 0 Å². The zero-order chi connectivity index (χ0) is 12.5. The highest BCUT2D eigenvalue weighted by Gasteiger charge is 2.34. The third-order valence-corrected chi connectivity index (χ3v) is 5.04. The van der Waals surface area contributed by atoms with Crippen LogP contribution in [0.2, 0.25) is 0 Å². The Morgan fingerprint density at radius 2 is 2.50 bits per heavy atom. The van der Waals surface area contributed by atoms with E-state index in [-0.39, 0.29) is 6.10 Å². The van der Waals surface area contributed by atoms with Crippen molar-refractivity contribution in [1.82, 2.24) is 15.2 Å². The summed E-state index contributed by atoms with van der Waals surface area (Å²) in [5.41, 5.74) is 1.13. The Morgan fingerprint density at radius 1 is 1.61 bits per heavy atom. The molecule has 0 bridgehead atoms. The number of hydrogen-bond donors (Lipinski definition) is 1. The molecular formula is C13H21N3OS. The molecule has 1 aromatic rings. The highest BCUT2D eigenvalue weighted by Crippen LogP contribution is 2.32. The summed E-state index contributed by atoms with van der Waals surface area (Å²) in [6, 6.07) is 0.982. The normalized spacial score (nSPS) is 30.3. The number of fused-ring (bicyclic) bond motifs is 1. The van der Waals surface area contributed by atoms with E-state index >= 15 is 0 Å². The van der Waals surface area contributed by atoms with E-state index in [2.05, 4.69) is 22.5 Å². The molecule has 3 rings (SSSR count). The van der Waals surface area contributed by atoms with E-state index in [9.17, 15) is 0 Å². The summed E-state index contributed by atoms with van der Waals surface area (Å²) in [7, 11) is 1.97. The maximum atomic E-state index is 5.99. The molecule has 2 saturated heterocycles. The van der Waals surface area contributed by atoms with Gasteiger partial charge in [0.1, 0.15) is 11.1 Å². The highest BCUT2D eigenvalue weighted by atomic mass is 32.1. The van der Waals surface area contributed by atoms with Crippen molar-refractivity contribution in [2.24, 2.45) is 0 Å². The van der Waals surface area contributed by atoms with E-state index < -0.39 is 0 Å². The van der Waals surface area contributed by atoms with Crippen LogP contribution in [0.4, 0.5) is 0 Å². The molecule has 3 heterocycles. The maximum Gasteiger partial charge on any atom is 0.123 e. The average molecular weight is 267 g/mol. The van der Waals surface area contributed by atoms with Gasteiger partial charge < -0.3 is 10.1 Å². The van der Waals surface area contributed by atoms with Gasteiger partial charge in [0, 0.05) is 24.0 Å². The predicted octanol–water partition coefficient (Wildman–Crippen LogP) is 1.96. The van der Waals surface area contributed by atoms with E-state index in [1.54, 1.807) is 11.3 Å². The molecule has 2 fully saturated rings. The number of aromatic nitrogens is 1. The van der Waals surface area contributed by atoms with Gasteiger partial charge >= 0.3 is 0 Å². The van der Waals surface area contributed by atoms with Gasteiger partial charge in [-0.1, -0.05) is 0 Å². The first kappa shape index (κ1) is 12.5. The summed E-state index contributed by atoms with van der Waals surface area (Å²) < 4.78 is 5.99. The van der Waals surface area contributed by atoms with Crippen molar-refractivity contribution < 1.29 is 4.74 Å². The fraction of sp³-hybridized carbons (Fsp3) is 0.769. The lowest BCUT2D eigenvalue weighted by molar-refractivity contribution is -0.0503. The van der Waals surface area contributed by atoms with Gasteiger partial charge in [-0.25, -0.2) is 4.98 Å². The SMILES string of the molecule is CNC(C)c1csc(C2CN3CCCC3CO2)n1. The van der Waals surface area contributed by atoms with Gasteiger partial charge in [-0.05, 0) is 33.4 Å². The van der Waals surface area contributed by atoms with Crippen molar-refractivity contribution in [2.45, 2.75) is 38.0 Å². The molecule has 1 N–H and O–H groups in total. The zero-order valence-corrected chi connectivity index (χ0v) is 11.9. The topological polar surface area (TPSA) is 37.4 Å². The Labute approximate surface area is 112 Å². The number of thiazole rings is 1. The summed E-state index contributed by atoms with van der Waals surface area (Å²) >= 11 is 1.73. The van der Waals surface area contributed by atoms with Crippen molar-refractivity contribution >= 4 is 11.3 Å². The van der Waals surface area contributed by atoms with Gasteiger partial charge in [0.05, 0.1) is 12.3 Å². The Kier molecular flexibility index (Phi) is 3.66. The van der Waals surface area contributed by atoms with Gasteiger partial charge in [0.15, 0.2) is 0 Å². The largest absolute Gasteiger partial charge is 0.368 e. The first-order valence-corrected chi connectivity index (χ1v) is 7.64. The van der Waals surface area contributed by atoms with Gasteiger partial charge in [-0.2, -0.15) is 0 Å². The van der Waals surface area contributed by atoms with Crippen LogP contribution in [0.25, 0.3) is 0 Å². The van der Waals surface area contributed by atoms with E-state index in [4.69, 9.17) is 9.72 Å². The fourth-order valence-electron chi connectivity index (χ4n) is 2.76. The molecule has 0 aromatic carbocycles. The molecule has 3 atom stereocenters. The van der Waals surface area contributed by atoms with Crippen molar-refractivity contribution in [3.05, 3.63) is 16.1 Å². The van der Waals surface area contributed by atoms with Crippen LogP contribution < -0.4 is 5.32 Å². The number of nitrogens with one attached hydrogen (secondary N) is 1. The summed E-state index contributed by atoms with van der Waals surface area (Å²) in [6.45, 7) is 5.26. The summed E-state index contributed by atoms with van der Waals surface area (Å²) in [4.78, 5) is 7.29. The van der Waals surface area contributed by atoms with Gasteiger partial charge in [0.25, 0.3) is 0 Å². The summed E-state index contributed by atoms with van der Waals surface area (Å²) in [5.74, 6) is 0. The molecule has 2 aliphatic heterocycles. The summed E-state index contributed by atoms with van der Waals surface area (Å²) in [6.07, 6.45) is 2.80. The van der Waals surface area contributed by atoms with Crippen molar-refractivity contribution in [2.75, 3.05) is 26.7 Å². The standard InChI is InChI=1S/C13H21N3OS/c1-9(14-2)11-8-18-13(15-11)12-6-16-5-3-4-10(16)7-17-12/h8-10,12,14H,3-7H2,1-2H3. The molecule has 1 aromatic heterocycles. The van der Waals surface area contributed by atoms with E-state index in [1.165, 1.54) is 19.4 Å². The molecule has 0 amide bonds. The molecule has 5 heteroatoms. The predicted molar refractivity (Wildman–Crippen MR) is 72.9 cm³/mol. The van der Waals surface area contributed by atoms with Crippen LogP contribution in [0.15, 0.2) is 5.38 Å². The lowest BCUT2D eigenvalue weighted by atomic mass is 10.2. The van der Waals surface area contributed by atoms with Crippen LogP contribution in [0, 0.1) is 0 Å². The smallest absolute Gasteiger partial charge is 0.123 e. The Hall–Kier alpha value is -0.490. The average Bonchev–Trinajstić information content (AvgIpc) is 3.05. The van der Waals surface area contributed by atoms with Gasteiger partial charge in [-0.3, -0.25) is 4.90 Å². The maximum absolute atomic E-state index is 5.99. The second-order valence-electron chi connectivity index (χ2n) is 5.23. The molecule has 18 heavy (non-hydrogen) atoms. The minimum absolute atomic E-state index is 0.183. The van der Waals surface area contributed by atoms with E-state index in [0.717, 1.165) is 23.9 Å². The fourth-order valence-corrected chi connectivity index (χ4v) is 3.71. The first-order valence-electron chi connectivity index (χ1n) is 6.76. The molecule has 100 valence electrons. The van der Waals surface area contributed by atoms with E-state index in [0.29, 0.717) is 12.1 Å². The van der Waals surface area contributed by atoms with Gasteiger partial charge in [0.2, 0.25) is 0 Å². The van der Waals surface area contributed by atoms with Crippen LogP contribution in [0.3, 0.4) is 0 Å². The number of nitrogens with zero attached hydrogens (tertiary/aromatic N) is 2. The number of hydrogen-bond acceptors (Lipinski definition) is 5. The van der Waals surface area contributed by atoms with Crippen LogP contribution >= 0.6 is 11.3 Å². The van der Waals surface area contributed by atoms with Crippen molar-refractivity contribution in [3.63, 3.8) is 0 Å². The molecule has 0 radical (unpaired) electrons. The minimum atomic E-state index is 0.183. The van der Waals surface area contributed by atoms with Crippen LogP contribution in [0.5, 0.6) is 0 Å². The quantitative estimate of drug-likeness (QED) is 0.908. The zero-order valence-electron chi connectivity index (χ0n) is 11.1. The molecular weight excluding hydrogens is 246 g/mol. The van der Waals surface area contributed by atoms with Gasteiger partial charge in [-0.15, -0.1) is 11.3 Å². The third kappa shape index (κ3) is 2.32. The second kappa shape index (κ2) is 5.25. The molecule has 0 spiro atoms. The summed E-state index contributed by atoms with van der Waals surface area (Å²) in [5, 5.41) is 6.51. The third-order valence-electron chi connectivity index (χ3n) is 4.08. The minimum Gasteiger partial charge on any atom is -0.368 e. The molecule has 2 aliphatic rings. The Balaban J connectivity index is 1.69. The first-order chi connectivity index (χ1) is 8.78. The molecule has 0 aliphatic carbocycles. The van der Waals surface area contributed by atoms with E-state index in [1.807, 2.05) is 7.05 Å². The lowest BCUT2D eigenvalue weighted by Gasteiger charge is -2.34. The molecule has 0 saturated carbocycles. The number of ether oxygens (including phenoxy) is 1. The number of morpholine rings is 1. The van der Waals surface area contributed by atoms with Crippen LogP contribution in [-0.2, 0) is 4.74 Å². The molecule has 4 nitrogen and oxygen atoms in total. The Morgan fingerprint density at radius 3 is 3.33 bits per heavy atom. The Bertz CT molecular complexity index is 409. The number of rotatable bonds is 3. The highest BCUT2D eigenvalue weighted by molar-refractivity contribution is 7.09. The van der Waals surface area contributed by atoms with Crippen LogP contribution in [0.1, 0.15) is 42.6 Å². The van der Waals surface area contributed by atoms with Crippen LogP contribution in [-0.4, -0.2) is 42.7 Å². The monoisotopic (exact) mass is 267 g/mol. The second-order valence-corrected chi connectivity index (χ2v) is 6.12. The molecule has 3 unspecified atom stereocenters. The van der Waals surface area contributed by atoms with Crippen molar-refractivity contribution in [3.8, 4) is 0 Å². The lowest BCUT2D eigenvalue weighted by Crippen LogP contribution is -2.42.